The van der Waals surface area contributed by atoms with Crippen LogP contribution in [0.4, 0.5) is 0 Å². The zero-order valence-corrected chi connectivity index (χ0v) is 26.1. The summed E-state index contributed by atoms with van der Waals surface area (Å²) in [6.45, 7) is 5.45. The van der Waals surface area contributed by atoms with E-state index >= 15 is 0 Å². The number of carbonyl (C=O) groups excluding carboxylic acids is 4. The first-order chi connectivity index (χ1) is 19.6. The molecule has 238 valence electrons. The van der Waals surface area contributed by atoms with Gasteiger partial charge in [-0.15, -0.1) is 0 Å². The van der Waals surface area contributed by atoms with Gasteiger partial charge in [0.2, 0.25) is 11.8 Å². The van der Waals surface area contributed by atoms with E-state index in [0.717, 1.165) is 57.8 Å². The van der Waals surface area contributed by atoms with E-state index < -0.39 is 18.2 Å². The van der Waals surface area contributed by atoms with Gasteiger partial charge in [-0.25, -0.2) is 0 Å². The molecule has 2 amide bonds. The Bertz CT molecular complexity index is 743. The van der Waals surface area contributed by atoms with Gasteiger partial charge in [0.05, 0.1) is 6.10 Å². The lowest BCUT2D eigenvalue weighted by molar-refractivity contribution is -0.156. The van der Waals surface area contributed by atoms with Crippen LogP contribution in [0.25, 0.3) is 0 Å². The average Bonchev–Trinajstić information content (AvgIpc) is 2.91. The lowest BCUT2D eigenvalue weighted by Crippen LogP contribution is -2.33. The minimum Gasteiger partial charge on any atom is -0.464 e. The molecule has 0 aromatic carbocycles. The molecule has 0 aromatic heterocycles. The predicted molar refractivity (Wildman–Crippen MR) is 161 cm³/mol. The van der Waals surface area contributed by atoms with Crippen molar-refractivity contribution in [3.05, 3.63) is 12.2 Å². The van der Waals surface area contributed by atoms with Gasteiger partial charge in [0.25, 0.3) is 0 Å². The molecule has 41 heavy (non-hydrogen) atoms. The van der Waals surface area contributed by atoms with Gasteiger partial charge in [-0.05, 0) is 59.0 Å². The average molecular weight is 584 g/mol. The van der Waals surface area contributed by atoms with Crippen molar-refractivity contribution in [2.24, 2.45) is 0 Å². The monoisotopic (exact) mass is 583 g/mol. The van der Waals surface area contributed by atoms with Crippen LogP contribution in [0, 0.1) is 0 Å². The highest BCUT2D eigenvalue weighted by Gasteiger charge is 2.22. The molecule has 0 fully saturated rings. The van der Waals surface area contributed by atoms with Crippen LogP contribution < -0.4 is 10.6 Å². The Morgan fingerprint density at radius 2 is 1.51 bits per heavy atom. The number of allylic oxidation sites excluding steroid dienone is 1. The van der Waals surface area contributed by atoms with Crippen molar-refractivity contribution in [3.8, 4) is 0 Å². The third-order valence-corrected chi connectivity index (χ3v) is 6.51. The number of hydrogen-bond donors (Lipinski definition) is 3. The molecule has 2 unspecified atom stereocenters. The van der Waals surface area contributed by atoms with Gasteiger partial charge in [-0.1, -0.05) is 51.2 Å². The molecule has 0 aromatic rings. The van der Waals surface area contributed by atoms with Gasteiger partial charge in [0, 0.05) is 45.8 Å². The second kappa shape index (κ2) is 26.4. The Morgan fingerprint density at radius 3 is 2.22 bits per heavy atom. The Balaban J connectivity index is 4.12. The standard InChI is InChI=1S/C31H57N3O7/c1-5-6-13-18-28(41-31(39)21-16-20-30(38)40-25-24-34(3)4)27(36)17-14-11-9-7-8-10-12-15-19-29(37)33-23-22-32-26(2)35/h11,14,27-28,36H,5-10,12-13,15-25H2,1-4H3,(H,32,35)(H,33,37). The van der Waals surface area contributed by atoms with Crippen molar-refractivity contribution in [1.29, 1.82) is 0 Å². The van der Waals surface area contributed by atoms with Crippen LogP contribution in [0.5, 0.6) is 0 Å². The van der Waals surface area contributed by atoms with Gasteiger partial charge in [-0.3, -0.25) is 19.2 Å². The van der Waals surface area contributed by atoms with Crippen molar-refractivity contribution in [2.75, 3.05) is 40.3 Å². The second-order valence-corrected chi connectivity index (χ2v) is 10.8. The molecule has 0 aliphatic heterocycles. The Labute approximate surface area is 248 Å². The largest absolute Gasteiger partial charge is 0.464 e. The van der Waals surface area contributed by atoms with Gasteiger partial charge in [0.15, 0.2) is 0 Å². The lowest BCUT2D eigenvalue weighted by atomic mass is 10.0. The second-order valence-electron chi connectivity index (χ2n) is 10.8. The summed E-state index contributed by atoms with van der Waals surface area (Å²) in [6, 6.07) is 0. The smallest absolute Gasteiger partial charge is 0.306 e. The summed E-state index contributed by atoms with van der Waals surface area (Å²) in [5.74, 6) is -0.787. The summed E-state index contributed by atoms with van der Waals surface area (Å²) < 4.78 is 10.8. The first-order valence-corrected chi connectivity index (χ1v) is 15.5. The fourth-order valence-electron chi connectivity index (χ4n) is 4.06. The molecule has 0 radical (unpaired) electrons. The van der Waals surface area contributed by atoms with E-state index in [0.29, 0.717) is 51.9 Å². The fourth-order valence-corrected chi connectivity index (χ4v) is 4.06. The normalized spacial score (nSPS) is 12.7. The molecule has 0 aliphatic rings. The number of aliphatic hydroxyl groups is 1. The first-order valence-electron chi connectivity index (χ1n) is 15.5. The van der Waals surface area contributed by atoms with Gasteiger partial charge in [-0.2, -0.15) is 0 Å². The van der Waals surface area contributed by atoms with E-state index in [-0.39, 0.29) is 30.6 Å². The van der Waals surface area contributed by atoms with Crippen molar-refractivity contribution < 1.29 is 33.8 Å². The summed E-state index contributed by atoms with van der Waals surface area (Å²) in [7, 11) is 3.81. The summed E-state index contributed by atoms with van der Waals surface area (Å²) in [4.78, 5) is 48.6. The van der Waals surface area contributed by atoms with Crippen LogP contribution in [0.1, 0.15) is 110 Å². The number of amides is 2. The number of rotatable bonds is 26. The zero-order valence-electron chi connectivity index (χ0n) is 26.1. The SMILES string of the molecule is CCCCCC(OC(=O)CCCC(=O)OCCN(C)C)C(O)CC=CCCCCCCCC(=O)NCCNC(C)=O. The molecule has 10 nitrogen and oxygen atoms in total. The quantitative estimate of drug-likeness (QED) is 0.0789. The number of aliphatic hydroxyl groups excluding tert-OH is 1. The third kappa shape index (κ3) is 26.2. The molecule has 0 aliphatic carbocycles. The summed E-state index contributed by atoms with van der Waals surface area (Å²) in [6.07, 6.45) is 13.8. The number of nitrogens with zero attached hydrogens (tertiary/aromatic N) is 1. The Morgan fingerprint density at radius 1 is 0.829 bits per heavy atom. The van der Waals surface area contributed by atoms with E-state index in [2.05, 4.69) is 23.6 Å². The molecule has 0 saturated carbocycles. The highest BCUT2D eigenvalue weighted by molar-refractivity contribution is 5.76. The van der Waals surface area contributed by atoms with Crippen LogP contribution in [-0.4, -0.2) is 86.3 Å². The summed E-state index contributed by atoms with van der Waals surface area (Å²) in [5, 5.41) is 16.1. The molecule has 10 heteroatoms. The van der Waals surface area contributed by atoms with E-state index in [1.165, 1.54) is 6.92 Å². The number of carbonyl (C=O) groups is 4. The molecule has 0 spiro atoms. The van der Waals surface area contributed by atoms with Crippen LogP contribution in [0.15, 0.2) is 12.2 Å². The molecular formula is C31H57N3O7. The molecule has 0 rings (SSSR count). The molecule has 0 saturated heterocycles. The van der Waals surface area contributed by atoms with E-state index in [4.69, 9.17) is 9.47 Å². The number of ether oxygens (including phenoxy) is 2. The van der Waals surface area contributed by atoms with E-state index in [1.807, 2.05) is 25.1 Å². The topological polar surface area (TPSA) is 134 Å². The third-order valence-electron chi connectivity index (χ3n) is 6.51. The number of likely N-dealkylation sites (N-methyl/N-ethyl adjacent to an activating group) is 1. The number of nitrogens with one attached hydrogen (secondary N) is 2. The van der Waals surface area contributed by atoms with Crippen LogP contribution in [-0.2, 0) is 28.7 Å². The molecular weight excluding hydrogens is 526 g/mol. The number of esters is 2. The predicted octanol–water partition coefficient (Wildman–Crippen LogP) is 4.04. The van der Waals surface area contributed by atoms with Crippen molar-refractivity contribution in [3.63, 3.8) is 0 Å². The van der Waals surface area contributed by atoms with Crippen LogP contribution >= 0.6 is 0 Å². The van der Waals surface area contributed by atoms with Crippen LogP contribution in [0.3, 0.4) is 0 Å². The number of unbranched alkanes of at least 4 members (excludes halogenated alkanes) is 7. The number of hydrogen-bond acceptors (Lipinski definition) is 8. The van der Waals surface area contributed by atoms with Gasteiger partial charge < -0.3 is 30.1 Å². The molecule has 0 heterocycles. The van der Waals surface area contributed by atoms with Crippen molar-refractivity contribution in [2.45, 2.75) is 122 Å². The Hall–Kier alpha value is -2.46. The molecule has 2 atom stereocenters. The van der Waals surface area contributed by atoms with Crippen LogP contribution in [0.2, 0.25) is 0 Å². The highest BCUT2D eigenvalue weighted by atomic mass is 16.6. The molecule has 3 N–H and O–H groups in total. The van der Waals surface area contributed by atoms with Crippen molar-refractivity contribution >= 4 is 23.8 Å². The summed E-state index contributed by atoms with van der Waals surface area (Å²) in [5.41, 5.74) is 0. The Kier molecular flexibility index (Phi) is 24.9. The van der Waals surface area contributed by atoms with Gasteiger partial charge >= 0.3 is 11.9 Å². The van der Waals surface area contributed by atoms with E-state index in [1.54, 1.807) is 0 Å². The lowest BCUT2D eigenvalue weighted by Gasteiger charge is -2.22. The minimum absolute atomic E-state index is 0.0198. The summed E-state index contributed by atoms with van der Waals surface area (Å²) >= 11 is 0. The maximum atomic E-state index is 12.4. The van der Waals surface area contributed by atoms with Gasteiger partial charge in [0.1, 0.15) is 12.7 Å². The fraction of sp³-hybridized carbons (Fsp3) is 0.806. The highest BCUT2D eigenvalue weighted by Crippen LogP contribution is 2.16. The minimum atomic E-state index is -0.757. The maximum Gasteiger partial charge on any atom is 0.306 e. The van der Waals surface area contributed by atoms with Crippen molar-refractivity contribution in [1.82, 2.24) is 15.5 Å². The maximum absolute atomic E-state index is 12.4. The first kappa shape index (κ1) is 38.5. The van der Waals surface area contributed by atoms with E-state index in [9.17, 15) is 24.3 Å². The zero-order chi connectivity index (χ0) is 30.7. The molecule has 0 bridgehead atoms.